The Morgan fingerprint density at radius 1 is 0.875 bits per heavy atom. The monoisotopic (exact) mass is 230 g/mol. The molecular formula is C13H26O3. The summed E-state index contributed by atoms with van der Waals surface area (Å²) in [5.74, 6) is 0. The molecule has 0 rings (SSSR count). The van der Waals surface area contributed by atoms with Crippen LogP contribution in [0.3, 0.4) is 0 Å². The van der Waals surface area contributed by atoms with Crippen molar-refractivity contribution in [3.63, 3.8) is 0 Å². The van der Waals surface area contributed by atoms with E-state index < -0.39 is 6.16 Å². The molecule has 0 aliphatic heterocycles. The Morgan fingerprint density at radius 2 is 1.19 bits per heavy atom. The molecule has 0 aromatic heterocycles. The maximum atomic E-state index is 8.56. The summed E-state index contributed by atoms with van der Waals surface area (Å²) in [6.45, 7) is 4.51. The largest absolute Gasteiger partial charge is 0.503 e. The first-order valence-electron chi connectivity index (χ1n) is 6.22. The fourth-order valence-corrected chi connectivity index (χ4v) is 1.26. The molecule has 2 N–H and O–H groups in total. The van der Waals surface area contributed by atoms with Crippen LogP contribution in [0.15, 0.2) is 12.2 Å². The average Bonchev–Trinajstić information content (AvgIpc) is 2.21. The van der Waals surface area contributed by atoms with Crippen molar-refractivity contribution < 1.29 is 15.0 Å². The lowest BCUT2D eigenvalue weighted by atomic mass is 10.1. The van der Waals surface area contributed by atoms with Gasteiger partial charge < -0.3 is 10.2 Å². The summed E-state index contributed by atoms with van der Waals surface area (Å²) < 4.78 is 0. The van der Waals surface area contributed by atoms with Crippen LogP contribution in [-0.4, -0.2) is 16.4 Å². The van der Waals surface area contributed by atoms with Crippen LogP contribution in [0.25, 0.3) is 0 Å². The molecule has 0 unspecified atom stereocenters. The Labute approximate surface area is 99.2 Å². The number of unbranched alkanes of at least 4 members (excludes halogenated alkanes) is 6. The SMILES string of the molecule is CCCCCC=CCCCCC.O=C(O)O. The van der Waals surface area contributed by atoms with E-state index in [0.29, 0.717) is 0 Å². The lowest BCUT2D eigenvalue weighted by Crippen LogP contribution is -1.81. The summed E-state index contributed by atoms with van der Waals surface area (Å²) in [5, 5.41) is 13.9. The van der Waals surface area contributed by atoms with Crippen LogP contribution in [-0.2, 0) is 0 Å². The highest BCUT2D eigenvalue weighted by Gasteiger charge is 1.83. The lowest BCUT2D eigenvalue weighted by Gasteiger charge is -1.93. The topological polar surface area (TPSA) is 57.5 Å². The van der Waals surface area contributed by atoms with Gasteiger partial charge in [-0.1, -0.05) is 51.7 Å². The van der Waals surface area contributed by atoms with E-state index in [1.165, 1.54) is 51.4 Å². The van der Waals surface area contributed by atoms with Gasteiger partial charge in [0.05, 0.1) is 0 Å². The summed E-state index contributed by atoms with van der Waals surface area (Å²) in [5.41, 5.74) is 0. The van der Waals surface area contributed by atoms with Crippen molar-refractivity contribution in [1.29, 1.82) is 0 Å². The quantitative estimate of drug-likeness (QED) is 0.459. The standard InChI is InChI=1S/C12H24.CH2O3/c1-3-5-7-9-11-12-10-8-6-4-2;2-1(3)4/h11-12H,3-10H2,1-2H3;(H2,2,3,4). The second-order valence-corrected chi connectivity index (χ2v) is 3.75. The molecule has 0 heterocycles. The minimum Gasteiger partial charge on any atom is -0.450 e. The third-order valence-corrected chi connectivity index (χ3v) is 2.12. The van der Waals surface area contributed by atoms with Gasteiger partial charge in [-0.15, -0.1) is 0 Å². The number of carboxylic acid groups (broad SMARTS) is 2. The highest BCUT2D eigenvalue weighted by atomic mass is 16.6. The second kappa shape index (κ2) is 16.4. The molecule has 0 atom stereocenters. The Kier molecular flexibility index (Phi) is 17.9. The molecule has 0 radical (unpaired) electrons. The summed E-state index contributed by atoms with van der Waals surface area (Å²) in [7, 11) is 0. The first-order chi connectivity index (χ1) is 7.65. The lowest BCUT2D eigenvalue weighted by molar-refractivity contribution is 0.137. The summed E-state index contributed by atoms with van der Waals surface area (Å²) in [6.07, 6.45) is 13.7. The third-order valence-electron chi connectivity index (χ3n) is 2.12. The number of rotatable bonds is 8. The maximum Gasteiger partial charge on any atom is 0.503 e. The van der Waals surface area contributed by atoms with Crippen LogP contribution >= 0.6 is 0 Å². The number of carbonyl (C=O) groups is 1. The van der Waals surface area contributed by atoms with Crippen LogP contribution in [0, 0.1) is 0 Å². The molecular weight excluding hydrogens is 204 g/mol. The van der Waals surface area contributed by atoms with Crippen molar-refractivity contribution in [2.75, 3.05) is 0 Å². The van der Waals surface area contributed by atoms with Crippen molar-refractivity contribution in [3.05, 3.63) is 12.2 Å². The van der Waals surface area contributed by atoms with Gasteiger partial charge in [0.25, 0.3) is 0 Å². The van der Waals surface area contributed by atoms with Gasteiger partial charge in [0.15, 0.2) is 0 Å². The van der Waals surface area contributed by atoms with Crippen molar-refractivity contribution in [2.24, 2.45) is 0 Å². The highest BCUT2D eigenvalue weighted by molar-refractivity contribution is 5.53. The molecule has 0 bridgehead atoms. The van der Waals surface area contributed by atoms with E-state index in [1.807, 2.05) is 0 Å². The van der Waals surface area contributed by atoms with Gasteiger partial charge in [-0.25, -0.2) is 4.79 Å². The molecule has 3 heteroatoms. The number of hydrogen-bond acceptors (Lipinski definition) is 1. The summed E-state index contributed by atoms with van der Waals surface area (Å²) >= 11 is 0. The Morgan fingerprint density at radius 3 is 1.44 bits per heavy atom. The van der Waals surface area contributed by atoms with Crippen LogP contribution in [0.2, 0.25) is 0 Å². The first kappa shape index (κ1) is 17.4. The third kappa shape index (κ3) is 29.2. The molecule has 0 amide bonds. The summed E-state index contributed by atoms with van der Waals surface area (Å²) in [6, 6.07) is 0. The molecule has 96 valence electrons. The zero-order valence-corrected chi connectivity index (χ0v) is 10.6. The van der Waals surface area contributed by atoms with E-state index in [4.69, 9.17) is 15.0 Å². The summed E-state index contributed by atoms with van der Waals surface area (Å²) in [4.78, 5) is 8.56. The van der Waals surface area contributed by atoms with Gasteiger partial charge in [0, 0.05) is 0 Å². The number of hydrogen-bond donors (Lipinski definition) is 2. The average molecular weight is 230 g/mol. The van der Waals surface area contributed by atoms with Crippen LogP contribution in [0.1, 0.15) is 65.2 Å². The molecule has 0 aliphatic rings. The van der Waals surface area contributed by atoms with E-state index in [1.54, 1.807) is 0 Å². The van der Waals surface area contributed by atoms with E-state index in [9.17, 15) is 0 Å². The van der Waals surface area contributed by atoms with Crippen molar-refractivity contribution in [1.82, 2.24) is 0 Å². The fraction of sp³-hybridized carbons (Fsp3) is 0.769. The molecule has 0 aromatic carbocycles. The van der Waals surface area contributed by atoms with Crippen LogP contribution in [0.4, 0.5) is 4.79 Å². The maximum absolute atomic E-state index is 8.56. The second-order valence-electron chi connectivity index (χ2n) is 3.75. The molecule has 16 heavy (non-hydrogen) atoms. The van der Waals surface area contributed by atoms with E-state index >= 15 is 0 Å². The molecule has 0 aliphatic carbocycles. The first-order valence-corrected chi connectivity index (χ1v) is 6.22. The molecule has 0 saturated carbocycles. The van der Waals surface area contributed by atoms with Crippen LogP contribution < -0.4 is 0 Å². The molecule has 3 nitrogen and oxygen atoms in total. The van der Waals surface area contributed by atoms with Crippen molar-refractivity contribution >= 4 is 6.16 Å². The predicted molar refractivity (Wildman–Crippen MR) is 68.1 cm³/mol. The van der Waals surface area contributed by atoms with Gasteiger partial charge >= 0.3 is 6.16 Å². The molecule has 0 spiro atoms. The zero-order valence-electron chi connectivity index (χ0n) is 10.6. The number of allylic oxidation sites excluding steroid dienone is 2. The minimum atomic E-state index is -1.83. The molecule has 0 fully saturated rings. The van der Waals surface area contributed by atoms with E-state index in [-0.39, 0.29) is 0 Å². The molecule has 0 aromatic rings. The van der Waals surface area contributed by atoms with Gasteiger partial charge in [-0.3, -0.25) is 0 Å². The normalized spacial score (nSPS) is 9.88. The smallest absolute Gasteiger partial charge is 0.450 e. The van der Waals surface area contributed by atoms with Gasteiger partial charge in [-0.2, -0.15) is 0 Å². The van der Waals surface area contributed by atoms with E-state index in [0.717, 1.165) is 0 Å². The fourth-order valence-electron chi connectivity index (χ4n) is 1.26. The van der Waals surface area contributed by atoms with Gasteiger partial charge in [0.1, 0.15) is 0 Å². The minimum absolute atomic E-state index is 1.29. The van der Waals surface area contributed by atoms with E-state index in [2.05, 4.69) is 26.0 Å². The zero-order chi connectivity index (χ0) is 12.6. The molecule has 0 saturated heterocycles. The Bertz CT molecular complexity index is 149. The van der Waals surface area contributed by atoms with Crippen molar-refractivity contribution in [3.8, 4) is 0 Å². The van der Waals surface area contributed by atoms with Crippen molar-refractivity contribution in [2.45, 2.75) is 65.2 Å². The predicted octanol–water partition coefficient (Wildman–Crippen LogP) is 4.93. The van der Waals surface area contributed by atoms with Crippen LogP contribution in [0.5, 0.6) is 0 Å². The Hall–Kier alpha value is -0.990. The Balaban J connectivity index is 0. The highest BCUT2D eigenvalue weighted by Crippen LogP contribution is 2.03. The van der Waals surface area contributed by atoms with Gasteiger partial charge in [-0.05, 0) is 25.7 Å². The van der Waals surface area contributed by atoms with Gasteiger partial charge in [0.2, 0.25) is 0 Å².